The Bertz CT molecular complexity index is 1710. The summed E-state index contributed by atoms with van der Waals surface area (Å²) >= 11 is 1.63. The molecular weight excluding hydrogens is 468 g/mol. The smallest absolute Gasteiger partial charge is 0.309 e. The van der Waals surface area contributed by atoms with Crippen LogP contribution in [0, 0.1) is 0 Å². The normalized spacial score (nSPS) is 11.1. The molecule has 0 fully saturated rings. The number of benzene rings is 4. The second-order valence-electron chi connectivity index (χ2n) is 8.37. The highest BCUT2D eigenvalue weighted by atomic mass is 32.1. The van der Waals surface area contributed by atoms with E-state index in [1.54, 1.807) is 22.2 Å². The molecule has 6 aromatic rings. The van der Waals surface area contributed by atoms with Gasteiger partial charge in [0.2, 0.25) is 0 Å². The molecule has 0 bridgehead atoms. The van der Waals surface area contributed by atoms with E-state index in [0.29, 0.717) is 5.69 Å². The molecule has 7 heteroatoms. The molecule has 0 radical (unpaired) electrons. The Morgan fingerprint density at radius 3 is 2.42 bits per heavy atom. The second-order valence-corrected chi connectivity index (χ2v) is 9.37. The van der Waals surface area contributed by atoms with Gasteiger partial charge in [0.1, 0.15) is 5.01 Å². The van der Waals surface area contributed by atoms with Crippen LogP contribution < -0.4 is 0 Å². The first-order valence-electron chi connectivity index (χ1n) is 11.4. The number of para-hydroxylation sites is 1. The number of aliphatic carboxylic acids is 1. The predicted octanol–water partition coefficient (Wildman–Crippen LogP) is 6.51. The minimum atomic E-state index is -0.942. The minimum Gasteiger partial charge on any atom is -0.481 e. The van der Waals surface area contributed by atoms with E-state index in [-0.39, 0.29) is 6.42 Å². The monoisotopic (exact) mass is 488 g/mol. The lowest BCUT2D eigenvalue weighted by molar-refractivity contribution is -0.136. The number of fused-ring (bicyclic) bond motifs is 1. The SMILES string of the molecule is O=C(O)Cc1cn(-c2ccccc2-c2nc(-c3ccc4ccccc4c3)c(-c3ccccc3)s2)nn1. The standard InChI is InChI=1S/C29H20N4O2S/c34-26(35)17-23-18-33(32-31-23)25-13-7-6-12-24(25)29-30-27(28(36-29)20-9-2-1-3-10-20)22-15-14-19-8-4-5-11-21(19)16-22/h1-16,18H,17H2,(H,34,35). The number of carbonyl (C=O) groups is 1. The molecule has 0 unspecified atom stereocenters. The van der Waals surface area contributed by atoms with Gasteiger partial charge in [-0.3, -0.25) is 4.79 Å². The van der Waals surface area contributed by atoms with Crippen molar-refractivity contribution in [3.63, 3.8) is 0 Å². The van der Waals surface area contributed by atoms with Gasteiger partial charge in [0.05, 0.1) is 34.6 Å². The van der Waals surface area contributed by atoms with Gasteiger partial charge in [-0.25, -0.2) is 9.67 Å². The third-order valence-electron chi connectivity index (χ3n) is 5.94. The summed E-state index contributed by atoms with van der Waals surface area (Å²) in [5.74, 6) is -0.942. The summed E-state index contributed by atoms with van der Waals surface area (Å²) in [7, 11) is 0. The molecule has 2 heterocycles. The van der Waals surface area contributed by atoms with Crippen LogP contribution in [0.3, 0.4) is 0 Å². The highest BCUT2D eigenvalue weighted by Crippen LogP contribution is 2.42. The average Bonchev–Trinajstić information content (AvgIpc) is 3.56. The molecule has 0 saturated carbocycles. The van der Waals surface area contributed by atoms with Gasteiger partial charge >= 0.3 is 5.97 Å². The fourth-order valence-corrected chi connectivity index (χ4v) is 5.39. The topological polar surface area (TPSA) is 80.9 Å². The van der Waals surface area contributed by atoms with E-state index in [0.717, 1.165) is 43.3 Å². The van der Waals surface area contributed by atoms with Gasteiger partial charge in [0.15, 0.2) is 0 Å². The zero-order valence-corrected chi connectivity index (χ0v) is 19.9. The summed E-state index contributed by atoms with van der Waals surface area (Å²) in [6.45, 7) is 0. The Hall–Kier alpha value is -4.62. The lowest BCUT2D eigenvalue weighted by atomic mass is 10.0. The fraction of sp³-hybridized carbons (Fsp3) is 0.0345. The van der Waals surface area contributed by atoms with Crippen molar-refractivity contribution in [2.75, 3.05) is 0 Å². The number of thiazole rings is 1. The molecule has 0 aliphatic rings. The molecule has 1 N–H and O–H groups in total. The Kier molecular flexibility index (Phi) is 5.59. The summed E-state index contributed by atoms with van der Waals surface area (Å²) in [5, 5.41) is 20.5. The van der Waals surface area contributed by atoms with E-state index in [1.165, 1.54) is 5.39 Å². The van der Waals surface area contributed by atoms with Gasteiger partial charge in [-0.05, 0) is 34.5 Å². The molecule has 0 amide bonds. The molecule has 6 nitrogen and oxygen atoms in total. The number of hydrogen-bond acceptors (Lipinski definition) is 5. The lowest BCUT2D eigenvalue weighted by Crippen LogP contribution is -2.00. The van der Waals surface area contributed by atoms with E-state index in [2.05, 4.69) is 52.8 Å². The zero-order valence-electron chi connectivity index (χ0n) is 19.1. The van der Waals surface area contributed by atoms with Crippen LogP contribution in [-0.2, 0) is 11.2 Å². The van der Waals surface area contributed by atoms with E-state index in [4.69, 9.17) is 10.1 Å². The molecule has 0 saturated heterocycles. The third-order valence-corrected chi connectivity index (χ3v) is 7.08. The number of nitrogens with zero attached hydrogens (tertiary/aromatic N) is 4. The lowest BCUT2D eigenvalue weighted by Gasteiger charge is -2.06. The van der Waals surface area contributed by atoms with Gasteiger partial charge in [-0.15, -0.1) is 16.4 Å². The number of hydrogen-bond donors (Lipinski definition) is 1. The van der Waals surface area contributed by atoms with Crippen molar-refractivity contribution in [3.05, 3.63) is 109 Å². The van der Waals surface area contributed by atoms with Gasteiger partial charge in [0, 0.05) is 11.1 Å². The molecule has 2 aromatic heterocycles. The maximum Gasteiger partial charge on any atom is 0.309 e. The zero-order chi connectivity index (χ0) is 24.5. The minimum absolute atomic E-state index is 0.177. The van der Waals surface area contributed by atoms with Gasteiger partial charge in [-0.1, -0.05) is 84.1 Å². The van der Waals surface area contributed by atoms with Crippen molar-refractivity contribution in [1.29, 1.82) is 0 Å². The van der Waals surface area contributed by atoms with Crippen LogP contribution in [0.15, 0.2) is 103 Å². The van der Waals surface area contributed by atoms with Crippen LogP contribution >= 0.6 is 11.3 Å². The number of aromatic nitrogens is 4. The number of carboxylic acid groups (broad SMARTS) is 1. The molecule has 4 aromatic carbocycles. The van der Waals surface area contributed by atoms with Crippen molar-refractivity contribution in [3.8, 4) is 38.0 Å². The molecule has 0 spiro atoms. The maximum absolute atomic E-state index is 11.1. The van der Waals surface area contributed by atoms with E-state index < -0.39 is 5.97 Å². The highest BCUT2D eigenvalue weighted by molar-refractivity contribution is 7.19. The van der Waals surface area contributed by atoms with Crippen LogP contribution in [0.2, 0.25) is 0 Å². The number of rotatable bonds is 6. The summed E-state index contributed by atoms with van der Waals surface area (Å²) in [6.07, 6.45) is 1.48. The Balaban J connectivity index is 1.51. The Morgan fingerprint density at radius 2 is 1.58 bits per heavy atom. The highest BCUT2D eigenvalue weighted by Gasteiger charge is 2.19. The van der Waals surface area contributed by atoms with Gasteiger partial charge in [0.25, 0.3) is 0 Å². The van der Waals surface area contributed by atoms with Crippen molar-refractivity contribution in [2.24, 2.45) is 0 Å². The molecule has 6 rings (SSSR count). The summed E-state index contributed by atoms with van der Waals surface area (Å²) in [4.78, 5) is 17.3. The second kappa shape index (κ2) is 9.20. The quantitative estimate of drug-likeness (QED) is 0.289. The molecule has 174 valence electrons. The first-order chi connectivity index (χ1) is 17.7. The van der Waals surface area contributed by atoms with E-state index in [1.807, 2.05) is 54.6 Å². The maximum atomic E-state index is 11.1. The molecule has 0 aliphatic heterocycles. The van der Waals surface area contributed by atoms with Gasteiger partial charge in [-0.2, -0.15) is 0 Å². The van der Waals surface area contributed by atoms with Crippen molar-refractivity contribution >= 4 is 28.1 Å². The van der Waals surface area contributed by atoms with Crippen LogP contribution in [0.1, 0.15) is 5.69 Å². The summed E-state index contributed by atoms with van der Waals surface area (Å²) in [6, 6.07) is 32.9. The van der Waals surface area contributed by atoms with Crippen LogP contribution in [0.4, 0.5) is 0 Å². The molecule has 0 atom stereocenters. The third kappa shape index (κ3) is 4.16. The van der Waals surface area contributed by atoms with Crippen LogP contribution in [-0.4, -0.2) is 31.1 Å². The fourth-order valence-electron chi connectivity index (χ4n) is 4.26. The summed E-state index contributed by atoms with van der Waals surface area (Å²) in [5.41, 5.74) is 5.17. The largest absolute Gasteiger partial charge is 0.481 e. The van der Waals surface area contributed by atoms with Crippen molar-refractivity contribution < 1.29 is 9.90 Å². The molecule has 36 heavy (non-hydrogen) atoms. The van der Waals surface area contributed by atoms with E-state index >= 15 is 0 Å². The first kappa shape index (κ1) is 21.9. The number of carboxylic acids is 1. The predicted molar refractivity (Wildman–Crippen MR) is 142 cm³/mol. The van der Waals surface area contributed by atoms with Crippen molar-refractivity contribution in [2.45, 2.75) is 6.42 Å². The average molecular weight is 489 g/mol. The molecule has 0 aliphatic carbocycles. The Labute approximate surface area is 211 Å². The first-order valence-corrected chi connectivity index (χ1v) is 12.3. The van der Waals surface area contributed by atoms with E-state index in [9.17, 15) is 4.79 Å². The van der Waals surface area contributed by atoms with Crippen molar-refractivity contribution in [1.82, 2.24) is 20.0 Å². The summed E-state index contributed by atoms with van der Waals surface area (Å²) < 4.78 is 1.62. The van der Waals surface area contributed by atoms with Crippen LogP contribution in [0.5, 0.6) is 0 Å². The molecular formula is C29H20N4O2S. The van der Waals surface area contributed by atoms with Crippen LogP contribution in [0.25, 0.3) is 48.7 Å². The Morgan fingerprint density at radius 1 is 0.833 bits per heavy atom. The van der Waals surface area contributed by atoms with Gasteiger partial charge < -0.3 is 5.11 Å².